The highest BCUT2D eigenvalue weighted by atomic mass is 19.1. The van der Waals surface area contributed by atoms with Crippen LogP contribution < -0.4 is 0 Å². The lowest BCUT2D eigenvalue weighted by Crippen LogP contribution is -2.20. The molecule has 0 saturated carbocycles. The first-order valence-corrected chi connectivity index (χ1v) is 4.87. The first-order valence-electron chi connectivity index (χ1n) is 4.87. The average molecular weight is 225 g/mol. The van der Waals surface area contributed by atoms with Crippen molar-refractivity contribution in [1.82, 2.24) is 0 Å². The van der Waals surface area contributed by atoms with E-state index in [0.717, 1.165) is 0 Å². The van der Waals surface area contributed by atoms with E-state index >= 15 is 0 Å². The molecular weight excluding hydrogens is 213 g/mol. The summed E-state index contributed by atoms with van der Waals surface area (Å²) in [6.45, 7) is 1.22. The standard InChI is InChI=1S/C11H12FNO3/c1-8(7-14)11(6-13(15)16)9-3-2-4-10(12)5-9/h2-5,7-8,11H,6H2,1H3/t8-,11+/m1/s1. The molecule has 0 unspecified atom stereocenters. The summed E-state index contributed by atoms with van der Waals surface area (Å²) in [5.74, 6) is -1.54. The van der Waals surface area contributed by atoms with Gasteiger partial charge in [0.15, 0.2) is 0 Å². The molecule has 0 fully saturated rings. The highest BCUT2D eigenvalue weighted by Crippen LogP contribution is 2.24. The van der Waals surface area contributed by atoms with Gasteiger partial charge in [0.2, 0.25) is 6.54 Å². The molecular formula is C11H12FNO3. The highest BCUT2D eigenvalue weighted by Gasteiger charge is 2.24. The lowest BCUT2D eigenvalue weighted by atomic mass is 9.88. The molecule has 1 aromatic carbocycles. The van der Waals surface area contributed by atoms with Crippen LogP contribution in [0.1, 0.15) is 18.4 Å². The molecule has 1 rings (SSSR count). The van der Waals surface area contributed by atoms with E-state index in [4.69, 9.17) is 0 Å². The second kappa shape index (κ2) is 5.34. The number of carbonyl (C=O) groups is 1. The van der Waals surface area contributed by atoms with Gasteiger partial charge < -0.3 is 4.79 Å². The van der Waals surface area contributed by atoms with Crippen LogP contribution in [0.25, 0.3) is 0 Å². The summed E-state index contributed by atoms with van der Waals surface area (Å²) < 4.78 is 13.0. The minimum Gasteiger partial charge on any atom is -0.303 e. The number of nitro groups is 1. The molecule has 0 aliphatic carbocycles. The molecule has 0 spiro atoms. The number of aldehydes is 1. The van der Waals surface area contributed by atoms with E-state index in [9.17, 15) is 19.3 Å². The van der Waals surface area contributed by atoms with Crippen molar-refractivity contribution in [3.8, 4) is 0 Å². The summed E-state index contributed by atoms with van der Waals surface area (Å²) in [4.78, 5) is 20.7. The molecule has 0 amide bonds. The number of hydrogen-bond donors (Lipinski definition) is 0. The Morgan fingerprint density at radius 1 is 1.56 bits per heavy atom. The zero-order valence-corrected chi connectivity index (χ0v) is 8.80. The van der Waals surface area contributed by atoms with Gasteiger partial charge in [-0.05, 0) is 17.7 Å². The third kappa shape index (κ3) is 3.12. The Hall–Kier alpha value is -1.78. The van der Waals surface area contributed by atoms with Crippen molar-refractivity contribution < 1.29 is 14.1 Å². The molecule has 0 aliphatic heterocycles. The molecule has 0 radical (unpaired) electrons. The largest absolute Gasteiger partial charge is 0.303 e. The molecule has 16 heavy (non-hydrogen) atoms. The molecule has 0 N–H and O–H groups in total. The molecule has 0 saturated heterocycles. The monoisotopic (exact) mass is 225 g/mol. The first kappa shape index (κ1) is 12.3. The predicted molar refractivity (Wildman–Crippen MR) is 56.2 cm³/mol. The van der Waals surface area contributed by atoms with Gasteiger partial charge in [0.25, 0.3) is 0 Å². The summed E-state index contributed by atoms with van der Waals surface area (Å²) in [5, 5.41) is 10.5. The number of nitrogens with zero attached hydrogens (tertiary/aromatic N) is 1. The number of benzene rings is 1. The van der Waals surface area contributed by atoms with Gasteiger partial charge in [-0.25, -0.2) is 4.39 Å². The Morgan fingerprint density at radius 2 is 2.25 bits per heavy atom. The minimum absolute atomic E-state index is 0.372. The van der Waals surface area contributed by atoms with E-state index in [1.165, 1.54) is 18.2 Å². The van der Waals surface area contributed by atoms with E-state index in [1.54, 1.807) is 13.0 Å². The van der Waals surface area contributed by atoms with Crippen LogP contribution in [0.3, 0.4) is 0 Å². The molecule has 1 aromatic rings. The lowest BCUT2D eigenvalue weighted by molar-refractivity contribution is -0.484. The fraction of sp³-hybridized carbons (Fsp3) is 0.364. The smallest absolute Gasteiger partial charge is 0.211 e. The van der Waals surface area contributed by atoms with E-state index < -0.39 is 22.6 Å². The first-order chi connectivity index (χ1) is 7.54. The maximum atomic E-state index is 13.0. The summed E-state index contributed by atoms with van der Waals surface area (Å²) in [6.07, 6.45) is 0.652. The van der Waals surface area contributed by atoms with E-state index in [1.807, 2.05) is 0 Å². The second-order valence-electron chi connectivity index (χ2n) is 3.67. The van der Waals surface area contributed by atoms with E-state index in [0.29, 0.717) is 11.8 Å². The van der Waals surface area contributed by atoms with Gasteiger partial charge >= 0.3 is 0 Å². The van der Waals surface area contributed by atoms with Crippen LogP contribution in [-0.2, 0) is 4.79 Å². The van der Waals surface area contributed by atoms with Gasteiger partial charge in [-0.15, -0.1) is 0 Å². The molecule has 5 heteroatoms. The van der Waals surface area contributed by atoms with Crippen LogP contribution in [0.5, 0.6) is 0 Å². The van der Waals surface area contributed by atoms with E-state index in [-0.39, 0.29) is 6.54 Å². The van der Waals surface area contributed by atoms with Gasteiger partial charge in [-0.1, -0.05) is 19.1 Å². The highest BCUT2D eigenvalue weighted by molar-refractivity contribution is 5.55. The summed E-state index contributed by atoms with van der Waals surface area (Å²) in [6, 6.07) is 5.57. The van der Waals surface area contributed by atoms with Crippen LogP contribution in [0.2, 0.25) is 0 Å². The third-order valence-electron chi connectivity index (χ3n) is 2.47. The quantitative estimate of drug-likeness (QED) is 0.437. The summed E-state index contributed by atoms with van der Waals surface area (Å²) in [7, 11) is 0. The molecule has 0 bridgehead atoms. The minimum atomic E-state index is -0.580. The van der Waals surface area contributed by atoms with Crippen molar-refractivity contribution in [2.75, 3.05) is 6.54 Å². The molecule has 2 atom stereocenters. The average Bonchev–Trinajstić information content (AvgIpc) is 2.24. The topological polar surface area (TPSA) is 60.2 Å². The molecule has 4 nitrogen and oxygen atoms in total. The Bertz CT molecular complexity index is 395. The molecule has 86 valence electrons. The zero-order chi connectivity index (χ0) is 12.1. The Morgan fingerprint density at radius 3 is 2.75 bits per heavy atom. The second-order valence-corrected chi connectivity index (χ2v) is 3.67. The normalized spacial score (nSPS) is 14.1. The van der Waals surface area contributed by atoms with Crippen molar-refractivity contribution in [3.05, 3.63) is 45.8 Å². The van der Waals surface area contributed by atoms with Gasteiger partial charge in [0, 0.05) is 10.8 Å². The Kier molecular flexibility index (Phi) is 4.10. The maximum Gasteiger partial charge on any atom is 0.211 e. The van der Waals surface area contributed by atoms with Crippen molar-refractivity contribution >= 4 is 6.29 Å². The lowest BCUT2D eigenvalue weighted by Gasteiger charge is -2.15. The maximum absolute atomic E-state index is 13.0. The SMILES string of the molecule is C[C@H](C=O)[C@H](C[N+](=O)[O-])c1cccc(F)c1. The van der Waals surface area contributed by atoms with Gasteiger partial charge in [0.1, 0.15) is 12.1 Å². The Balaban J connectivity index is 3.00. The van der Waals surface area contributed by atoms with Crippen molar-refractivity contribution in [1.29, 1.82) is 0 Å². The number of hydrogen-bond acceptors (Lipinski definition) is 3. The van der Waals surface area contributed by atoms with Gasteiger partial charge in [-0.3, -0.25) is 10.1 Å². The third-order valence-corrected chi connectivity index (χ3v) is 2.47. The van der Waals surface area contributed by atoms with Gasteiger partial charge in [0.05, 0.1) is 5.92 Å². The summed E-state index contributed by atoms with van der Waals surface area (Å²) in [5.41, 5.74) is 0.483. The summed E-state index contributed by atoms with van der Waals surface area (Å²) >= 11 is 0. The van der Waals surface area contributed by atoms with Crippen LogP contribution in [0, 0.1) is 21.8 Å². The number of halogens is 1. The predicted octanol–water partition coefficient (Wildman–Crippen LogP) is 2.02. The van der Waals surface area contributed by atoms with Gasteiger partial charge in [-0.2, -0.15) is 0 Å². The zero-order valence-electron chi connectivity index (χ0n) is 8.80. The fourth-order valence-electron chi connectivity index (χ4n) is 1.57. The molecule has 0 heterocycles. The molecule has 0 aliphatic rings. The van der Waals surface area contributed by atoms with Crippen LogP contribution in [0.4, 0.5) is 4.39 Å². The number of rotatable bonds is 5. The van der Waals surface area contributed by atoms with Crippen molar-refractivity contribution in [2.45, 2.75) is 12.8 Å². The number of carbonyl (C=O) groups excluding carboxylic acids is 1. The Labute approximate surface area is 92.2 Å². The van der Waals surface area contributed by atoms with Crippen LogP contribution in [0.15, 0.2) is 24.3 Å². The van der Waals surface area contributed by atoms with Crippen molar-refractivity contribution in [3.63, 3.8) is 0 Å². The fourth-order valence-corrected chi connectivity index (χ4v) is 1.57. The van der Waals surface area contributed by atoms with E-state index in [2.05, 4.69) is 0 Å². The van der Waals surface area contributed by atoms with Crippen LogP contribution >= 0.6 is 0 Å². The molecule has 0 aromatic heterocycles. The van der Waals surface area contributed by atoms with Crippen molar-refractivity contribution in [2.24, 2.45) is 5.92 Å². The van der Waals surface area contributed by atoms with Crippen LogP contribution in [-0.4, -0.2) is 17.8 Å².